The molecule has 1 unspecified atom stereocenters. The van der Waals surface area contributed by atoms with Crippen LogP contribution in [0, 0.1) is 11.6 Å². The number of hydrogen-bond donors (Lipinski definition) is 2. The number of halogens is 2. The second kappa shape index (κ2) is 8.24. The molecule has 0 radical (unpaired) electrons. The molecule has 2 rings (SSSR count). The monoisotopic (exact) mass is 324 g/mol. The van der Waals surface area contributed by atoms with Crippen LogP contribution in [0.1, 0.15) is 32.3 Å². The summed E-state index contributed by atoms with van der Waals surface area (Å²) in [4.78, 5) is 6.71. The van der Waals surface area contributed by atoms with Crippen LogP contribution in [0.2, 0.25) is 0 Å². The van der Waals surface area contributed by atoms with Crippen LogP contribution in [0.5, 0.6) is 0 Å². The van der Waals surface area contributed by atoms with Crippen LogP contribution in [0.15, 0.2) is 23.2 Å². The average molecular weight is 324 g/mol. The van der Waals surface area contributed by atoms with Crippen LogP contribution in [0.4, 0.5) is 8.78 Å². The van der Waals surface area contributed by atoms with Gasteiger partial charge in [0.25, 0.3) is 0 Å². The lowest BCUT2D eigenvalue weighted by Crippen LogP contribution is -2.45. The Labute approximate surface area is 137 Å². The Bertz CT molecular complexity index is 543. The lowest BCUT2D eigenvalue weighted by atomic mass is 10.2. The number of hydrogen-bond acceptors (Lipinski definition) is 2. The van der Waals surface area contributed by atoms with Crippen molar-refractivity contribution in [3.8, 4) is 0 Å². The maximum Gasteiger partial charge on any atom is 0.191 e. The molecule has 0 heterocycles. The quantitative estimate of drug-likeness (QED) is 0.598. The molecular formula is C17H26F2N4. The smallest absolute Gasteiger partial charge is 0.191 e. The fraction of sp³-hybridized carbons (Fsp3) is 0.588. The topological polar surface area (TPSA) is 39.7 Å². The van der Waals surface area contributed by atoms with Gasteiger partial charge < -0.3 is 10.6 Å². The predicted molar refractivity (Wildman–Crippen MR) is 89.4 cm³/mol. The molecule has 4 nitrogen and oxygen atoms in total. The zero-order valence-corrected chi connectivity index (χ0v) is 14.1. The number of rotatable bonds is 7. The van der Waals surface area contributed by atoms with E-state index in [0.717, 1.165) is 18.7 Å². The van der Waals surface area contributed by atoms with Gasteiger partial charge in [0.1, 0.15) is 11.6 Å². The van der Waals surface area contributed by atoms with Crippen molar-refractivity contribution in [2.75, 3.05) is 20.1 Å². The first-order valence-electron chi connectivity index (χ1n) is 8.19. The van der Waals surface area contributed by atoms with Crippen molar-refractivity contribution in [2.45, 2.75) is 45.3 Å². The molecule has 1 aliphatic carbocycles. The van der Waals surface area contributed by atoms with Crippen molar-refractivity contribution < 1.29 is 8.78 Å². The van der Waals surface area contributed by atoms with Gasteiger partial charge in [-0.3, -0.25) is 4.90 Å². The third-order valence-electron chi connectivity index (χ3n) is 4.14. The zero-order chi connectivity index (χ0) is 16.8. The maximum absolute atomic E-state index is 13.6. The molecule has 2 N–H and O–H groups in total. The minimum atomic E-state index is -0.450. The number of nitrogens with zero attached hydrogens (tertiary/aromatic N) is 2. The molecular weight excluding hydrogens is 298 g/mol. The van der Waals surface area contributed by atoms with Crippen LogP contribution < -0.4 is 10.6 Å². The van der Waals surface area contributed by atoms with Gasteiger partial charge in [-0.1, -0.05) is 0 Å². The van der Waals surface area contributed by atoms with Gasteiger partial charge in [-0.05, 0) is 51.9 Å². The van der Waals surface area contributed by atoms with Crippen LogP contribution in [-0.4, -0.2) is 43.1 Å². The van der Waals surface area contributed by atoms with E-state index in [2.05, 4.69) is 34.5 Å². The van der Waals surface area contributed by atoms with Crippen LogP contribution in [0.3, 0.4) is 0 Å². The van der Waals surface area contributed by atoms with E-state index in [1.165, 1.54) is 18.9 Å². The summed E-state index contributed by atoms with van der Waals surface area (Å²) in [5, 5.41) is 6.40. The second-order valence-electron chi connectivity index (χ2n) is 6.06. The minimum absolute atomic E-state index is 0.103. The Morgan fingerprint density at radius 1 is 1.35 bits per heavy atom. The molecule has 6 heteroatoms. The molecule has 0 saturated heterocycles. The molecule has 0 aromatic heterocycles. The molecule has 0 aliphatic heterocycles. The summed E-state index contributed by atoms with van der Waals surface area (Å²) in [5.74, 6) is -0.269. The molecule has 1 aliphatic rings. The number of likely N-dealkylation sites (N-methyl/N-ethyl adjacent to an activating group) is 1. The van der Waals surface area contributed by atoms with Crippen molar-refractivity contribution >= 4 is 5.96 Å². The number of benzene rings is 1. The molecule has 0 bridgehead atoms. The van der Waals surface area contributed by atoms with Crippen molar-refractivity contribution in [1.82, 2.24) is 15.5 Å². The lowest BCUT2D eigenvalue weighted by Gasteiger charge is -2.25. The first-order valence-corrected chi connectivity index (χ1v) is 8.19. The lowest BCUT2D eigenvalue weighted by molar-refractivity contribution is 0.247. The Morgan fingerprint density at radius 3 is 2.74 bits per heavy atom. The third kappa shape index (κ3) is 5.46. The van der Waals surface area contributed by atoms with Gasteiger partial charge >= 0.3 is 0 Å². The van der Waals surface area contributed by atoms with Gasteiger partial charge in [-0.2, -0.15) is 0 Å². The molecule has 0 amide bonds. The summed E-state index contributed by atoms with van der Waals surface area (Å²) in [7, 11) is 2.14. The summed E-state index contributed by atoms with van der Waals surface area (Å²) in [5.41, 5.74) is 0.255. The highest BCUT2D eigenvalue weighted by atomic mass is 19.1. The van der Waals surface area contributed by atoms with E-state index in [-0.39, 0.29) is 12.1 Å². The van der Waals surface area contributed by atoms with Crippen molar-refractivity contribution in [1.29, 1.82) is 0 Å². The highest BCUT2D eigenvalue weighted by Gasteiger charge is 2.28. The van der Waals surface area contributed by atoms with E-state index >= 15 is 0 Å². The van der Waals surface area contributed by atoms with Gasteiger partial charge in [0.2, 0.25) is 0 Å². The number of guanidine groups is 1. The summed E-state index contributed by atoms with van der Waals surface area (Å²) < 4.78 is 26.8. The van der Waals surface area contributed by atoms with E-state index in [1.807, 2.05) is 6.92 Å². The SMILES string of the molecule is CCNC(=NCc1cc(F)ccc1F)NCC(C)N(C)C1CC1. The van der Waals surface area contributed by atoms with Gasteiger partial charge in [-0.15, -0.1) is 0 Å². The van der Waals surface area contributed by atoms with Crippen LogP contribution >= 0.6 is 0 Å². The molecule has 0 spiro atoms. The number of aliphatic imine (C=N–C) groups is 1. The van der Waals surface area contributed by atoms with E-state index in [0.29, 0.717) is 24.6 Å². The summed E-state index contributed by atoms with van der Waals surface area (Å²) in [6.45, 7) is 5.71. The molecule has 1 fully saturated rings. The molecule has 128 valence electrons. The van der Waals surface area contributed by atoms with Crippen molar-refractivity contribution in [3.63, 3.8) is 0 Å². The number of nitrogens with one attached hydrogen (secondary N) is 2. The summed E-state index contributed by atoms with van der Waals surface area (Å²) in [6, 6.07) is 4.52. The second-order valence-corrected chi connectivity index (χ2v) is 6.06. The van der Waals surface area contributed by atoms with E-state index in [4.69, 9.17) is 0 Å². The fourth-order valence-electron chi connectivity index (χ4n) is 2.40. The standard InChI is InChI=1S/C17H26F2N4/c1-4-20-17(21-10-12(2)23(3)15-6-7-15)22-11-13-9-14(18)5-8-16(13)19/h5,8-9,12,15H,4,6-7,10-11H2,1-3H3,(H2,20,21,22). The molecule has 1 saturated carbocycles. The summed E-state index contributed by atoms with van der Waals surface area (Å²) in [6.07, 6.45) is 2.54. The fourth-order valence-corrected chi connectivity index (χ4v) is 2.40. The predicted octanol–water partition coefficient (Wildman–Crippen LogP) is 2.50. The van der Waals surface area contributed by atoms with E-state index in [1.54, 1.807) is 0 Å². The van der Waals surface area contributed by atoms with E-state index < -0.39 is 11.6 Å². The third-order valence-corrected chi connectivity index (χ3v) is 4.14. The highest BCUT2D eigenvalue weighted by molar-refractivity contribution is 5.79. The van der Waals surface area contributed by atoms with E-state index in [9.17, 15) is 8.78 Å². The summed E-state index contributed by atoms with van der Waals surface area (Å²) >= 11 is 0. The Morgan fingerprint density at radius 2 is 2.09 bits per heavy atom. The minimum Gasteiger partial charge on any atom is -0.357 e. The van der Waals surface area contributed by atoms with Crippen molar-refractivity contribution in [2.24, 2.45) is 4.99 Å². The highest BCUT2D eigenvalue weighted by Crippen LogP contribution is 2.26. The largest absolute Gasteiger partial charge is 0.357 e. The first-order chi connectivity index (χ1) is 11.0. The van der Waals surface area contributed by atoms with Crippen LogP contribution in [-0.2, 0) is 6.54 Å². The van der Waals surface area contributed by atoms with Crippen molar-refractivity contribution in [3.05, 3.63) is 35.4 Å². The van der Waals surface area contributed by atoms with Gasteiger partial charge in [0.15, 0.2) is 5.96 Å². The average Bonchev–Trinajstić information content (AvgIpc) is 3.36. The molecule has 1 aromatic rings. The van der Waals surface area contributed by atoms with Gasteiger partial charge in [-0.25, -0.2) is 13.8 Å². The Hall–Kier alpha value is -1.69. The molecule has 1 aromatic carbocycles. The first kappa shape index (κ1) is 17.7. The zero-order valence-electron chi connectivity index (χ0n) is 14.1. The van der Waals surface area contributed by atoms with Crippen LogP contribution in [0.25, 0.3) is 0 Å². The Kier molecular flexibility index (Phi) is 6.33. The normalized spacial score (nSPS) is 16.5. The van der Waals surface area contributed by atoms with Gasteiger partial charge in [0, 0.05) is 30.7 Å². The Balaban J connectivity index is 1.92. The van der Waals surface area contributed by atoms with Gasteiger partial charge in [0.05, 0.1) is 6.54 Å². The molecule has 1 atom stereocenters. The molecule has 23 heavy (non-hydrogen) atoms. The maximum atomic E-state index is 13.6.